The first-order valence-electron chi connectivity index (χ1n) is 11.1. The quantitative estimate of drug-likeness (QED) is 0.281. The highest BCUT2D eigenvalue weighted by atomic mass is 19.4. The molecule has 0 fully saturated rings. The fraction of sp³-hybridized carbons (Fsp3) is 0.148. The zero-order valence-corrected chi connectivity index (χ0v) is 19.2. The minimum absolute atomic E-state index is 0.0987. The predicted molar refractivity (Wildman–Crippen MR) is 127 cm³/mol. The summed E-state index contributed by atoms with van der Waals surface area (Å²) in [6, 6.07) is 19.4. The van der Waals surface area contributed by atoms with Crippen LogP contribution in [0.25, 0.3) is 0 Å². The molecule has 4 rings (SSSR count). The van der Waals surface area contributed by atoms with E-state index in [0.717, 1.165) is 35.4 Å². The Bertz CT molecular complexity index is 1350. The average molecular weight is 510 g/mol. The smallest absolute Gasteiger partial charge is 0.416 e. The third-order valence-corrected chi connectivity index (χ3v) is 5.54. The number of aromatic nitrogens is 1. The summed E-state index contributed by atoms with van der Waals surface area (Å²) in [5.41, 5.74) is 1.75. The molecule has 37 heavy (non-hydrogen) atoms. The van der Waals surface area contributed by atoms with E-state index < -0.39 is 29.5 Å². The SMILES string of the molecule is O=C(O)CC(c1ccc(OCc2cccc(NC(=O)c3ccc(C(F)(F)F)cc3)c2)cc1)c1ccon1. The number of aliphatic carboxylic acids is 1. The van der Waals surface area contributed by atoms with Crippen LogP contribution >= 0.6 is 0 Å². The lowest BCUT2D eigenvalue weighted by Gasteiger charge is -2.14. The van der Waals surface area contributed by atoms with Gasteiger partial charge in [0.2, 0.25) is 0 Å². The third-order valence-electron chi connectivity index (χ3n) is 5.54. The largest absolute Gasteiger partial charge is 0.489 e. The van der Waals surface area contributed by atoms with Crippen molar-refractivity contribution in [3.63, 3.8) is 0 Å². The molecule has 2 N–H and O–H groups in total. The lowest BCUT2D eigenvalue weighted by molar-refractivity contribution is -0.138. The highest BCUT2D eigenvalue weighted by Crippen LogP contribution is 2.30. The van der Waals surface area contributed by atoms with Crippen molar-refractivity contribution in [2.45, 2.75) is 25.1 Å². The highest BCUT2D eigenvalue weighted by molar-refractivity contribution is 6.04. The molecule has 1 amide bonds. The van der Waals surface area contributed by atoms with E-state index in [1.165, 1.54) is 6.26 Å². The number of rotatable bonds is 9. The Balaban J connectivity index is 1.37. The molecule has 1 atom stereocenters. The first kappa shape index (κ1) is 25.5. The van der Waals surface area contributed by atoms with Crippen LogP contribution in [-0.4, -0.2) is 22.1 Å². The number of hydrogen-bond acceptors (Lipinski definition) is 5. The number of anilines is 1. The standard InChI is InChI=1S/C27H21F3N2O5/c28-27(29,30)20-8-4-19(5-9-20)26(35)31-21-3-1-2-17(14-21)16-36-22-10-6-18(7-11-22)23(15-25(33)34)24-12-13-37-32-24/h1-14,23H,15-16H2,(H,31,35)(H,33,34). The molecule has 4 aromatic rings. The molecule has 0 saturated carbocycles. The Morgan fingerprint density at radius 3 is 2.35 bits per heavy atom. The summed E-state index contributed by atoms with van der Waals surface area (Å²) in [5.74, 6) is -1.41. The van der Waals surface area contributed by atoms with Crippen LogP contribution in [0.15, 0.2) is 89.6 Å². The number of nitrogens with one attached hydrogen (secondary N) is 1. The predicted octanol–water partition coefficient (Wildman–Crippen LogP) is 6.13. The van der Waals surface area contributed by atoms with Crippen LogP contribution in [0.3, 0.4) is 0 Å². The Morgan fingerprint density at radius 1 is 1.00 bits per heavy atom. The maximum Gasteiger partial charge on any atom is 0.416 e. The van der Waals surface area contributed by atoms with E-state index in [1.807, 2.05) is 0 Å². The van der Waals surface area contributed by atoms with Gasteiger partial charge in [-0.25, -0.2) is 0 Å². The van der Waals surface area contributed by atoms with Crippen molar-refractivity contribution in [1.29, 1.82) is 0 Å². The van der Waals surface area contributed by atoms with Crippen molar-refractivity contribution in [1.82, 2.24) is 5.16 Å². The van der Waals surface area contributed by atoms with E-state index in [-0.39, 0.29) is 18.6 Å². The molecule has 7 nitrogen and oxygen atoms in total. The van der Waals surface area contributed by atoms with Gasteiger partial charge in [-0.2, -0.15) is 13.2 Å². The van der Waals surface area contributed by atoms with Crippen LogP contribution in [0.5, 0.6) is 5.75 Å². The summed E-state index contributed by atoms with van der Waals surface area (Å²) in [6.45, 7) is 0.186. The van der Waals surface area contributed by atoms with Crippen molar-refractivity contribution in [2.75, 3.05) is 5.32 Å². The van der Waals surface area contributed by atoms with Crippen molar-refractivity contribution in [2.24, 2.45) is 0 Å². The van der Waals surface area contributed by atoms with Gasteiger partial charge in [0.15, 0.2) is 0 Å². The summed E-state index contributed by atoms with van der Waals surface area (Å²) in [4.78, 5) is 23.7. The molecule has 0 aliphatic rings. The van der Waals surface area contributed by atoms with Crippen LogP contribution in [0, 0.1) is 0 Å². The number of carbonyl (C=O) groups is 2. The Kier molecular flexibility index (Phi) is 7.57. The summed E-state index contributed by atoms with van der Waals surface area (Å²) in [5, 5.41) is 15.8. The van der Waals surface area contributed by atoms with Crippen LogP contribution < -0.4 is 10.1 Å². The molecule has 0 aliphatic heterocycles. The molecule has 3 aromatic carbocycles. The second-order valence-electron chi connectivity index (χ2n) is 8.16. The minimum Gasteiger partial charge on any atom is -0.489 e. The molecule has 0 saturated heterocycles. The first-order valence-corrected chi connectivity index (χ1v) is 11.1. The normalized spacial score (nSPS) is 12.1. The first-order chi connectivity index (χ1) is 17.7. The lowest BCUT2D eigenvalue weighted by Crippen LogP contribution is -2.13. The fourth-order valence-electron chi connectivity index (χ4n) is 3.69. The van der Waals surface area contributed by atoms with E-state index in [1.54, 1.807) is 54.6 Å². The molecule has 1 unspecified atom stereocenters. The number of carbonyl (C=O) groups excluding carboxylic acids is 1. The molecular weight excluding hydrogens is 489 g/mol. The van der Waals surface area contributed by atoms with Crippen molar-refractivity contribution in [3.05, 3.63) is 113 Å². The van der Waals surface area contributed by atoms with E-state index in [4.69, 9.17) is 9.26 Å². The van der Waals surface area contributed by atoms with E-state index >= 15 is 0 Å². The zero-order chi connectivity index (χ0) is 26.4. The van der Waals surface area contributed by atoms with Gasteiger partial charge in [0, 0.05) is 23.2 Å². The van der Waals surface area contributed by atoms with Gasteiger partial charge in [0.1, 0.15) is 18.6 Å². The second-order valence-corrected chi connectivity index (χ2v) is 8.16. The molecular formula is C27H21F3N2O5. The van der Waals surface area contributed by atoms with Crippen molar-refractivity contribution < 1.29 is 37.1 Å². The number of carboxylic acid groups (broad SMARTS) is 1. The molecule has 1 aromatic heterocycles. The summed E-state index contributed by atoms with van der Waals surface area (Å²) in [6.07, 6.45) is -3.22. The molecule has 10 heteroatoms. The monoisotopic (exact) mass is 510 g/mol. The van der Waals surface area contributed by atoms with Gasteiger partial charge >= 0.3 is 12.1 Å². The molecule has 0 spiro atoms. The lowest BCUT2D eigenvalue weighted by atomic mass is 9.92. The Morgan fingerprint density at radius 2 is 1.73 bits per heavy atom. The van der Waals surface area contributed by atoms with E-state index in [9.17, 15) is 27.9 Å². The molecule has 1 heterocycles. The maximum absolute atomic E-state index is 12.7. The molecule has 0 radical (unpaired) electrons. The zero-order valence-electron chi connectivity index (χ0n) is 19.2. The number of alkyl halides is 3. The average Bonchev–Trinajstić information content (AvgIpc) is 3.41. The van der Waals surface area contributed by atoms with Gasteiger partial charge in [-0.05, 0) is 59.7 Å². The van der Waals surface area contributed by atoms with Crippen LogP contribution in [0.4, 0.5) is 18.9 Å². The minimum atomic E-state index is -4.47. The Hall–Kier alpha value is -4.60. The van der Waals surface area contributed by atoms with E-state index in [2.05, 4.69) is 10.5 Å². The van der Waals surface area contributed by atoms with Gasteiger partial charge in [0.05, 0.1) is 17.7 Å². The maximum atomic E-state index is 12.7. The number of hydrogen-bond donors (Lipinski definition) is 2. The molecule has 0 bridgehead atoms. The number of amides is 1. The van der Waals surface area contributed by atoms with Gasteiger partial charge in [-0.15, -0.1) is 0 Å². The van der Waals surface area contributed by atoms with Gasteiger partial charge in [-0.1, -0.05) is 29.4 Å². The van der Waals surface area contributed by atoms with Crippen molar-refractivity contribution in [3.8, 4) is 5.75 Å². The summed E-state index contributed by atoms with van der Waals surface area (Å²) in [7, 11) is 0. The van der Waals surface area contributed by atoms with Gasteiger partial charge in [0.25, 0.3) is 5.91 Å². The van der Waals surface area contributed by atoms with Crippen LogP contribution in [0.1, 0.15) is 45.1 Å². The van der Waals surface area contributed by atoms with Crippen LogP contribution in [0.2, 0.25) is 0 Å². The fourth-order valence-corrected chi connectivity index (χ4v) is 3.69. The van der Waals surface area contributed by atoms with E-state index in [0.29, 0.717) is 17.1 Å². The van der Waals surface area contributed by atoms with Crippen LogP contribution in [-0.2, 0) is 17.6 Å². The number of benzene rings is 3. The summed E-state index contributed by atoms with van der Waals surface area (Å²) < 4.78 is 48.8. The molecule has 0 aliphatic carbocycles. The van der Waals surface area contributed by atoms with Gasteiger partial charge < -0.3 is 19.7 Å². The molecule has 190 valence electrons. The summed E-state index contributed by atoms with van der Waals surface area (Å²) >= 11 is 0. The number of halogens is 3. The highest BCUT2D eigenvalue weighted by Gasteiger charge is 2.30. The topological polar surface area (TPSA) is 102 Å². The van der Waals surface area contributed by atoms with Crippen molar-refractivity contribution >= 4 is 17.6 Å². The number of carboxylic acids is 1. The second kappa shape index (κ2) is 11.0. The third kappa shape index (κ3) is 6.75. The number of ether oxygens (including phenoxy) is 1. The Labute approximate surface area is 209 Å². The number of nitrogens with zero attached hydrogens (tertiary/aromatic N) is 1. The van der Waals surface area contributed by atoms with Gasteiger partial charge in [-0.3, -0.25) is 9.59 Å².